The van der Waals surface area contributed by atoms with Gasteiger partial charge in [-0.1, -0.05) is 42.1 Å². The van der Waals surface area contributed by atoms with Gasteiger partial charge in [0.2, 0.25) is 5.89 Å². The molecule has 1 saturated heterocycles. The zero-order valence-electron chi connectivity index (χ0n) is 18.4. The van der Waals surface area contributed by atoms with Crippen LogP contribution in [0.25, 0.3) is 0 Å². The Labute approximate surface area is 211 Å². The Bertz CT molecular complexity index is 1200. The van der Waals surface area contributed by atoms with E-state index in [1.165, 1.54) is 11.8 Å². The lowest BCUT2D eigenvalue weighted by Crippen LogP contribution is -2.70. The molecule has 2 aromatic rings. The first-order chi connectivity index (χ1) is 17.3. The van der Waals surface area contributed by atoms with Gasteiger partial charge in [0.15, 0.2) is 6.10 Å². The largest absolute Gasteiger partial charge is 0.480 e. The number of carboxylic acids is 2. The molecule has 4 rings (SSSR count). The number of aliphatic hydroxyl groups is 1. The summed E-state index contributed by atoms with van der Waals surface area (Å²) in [5, 5.41) is 38.2. The summed E-state index contributed by atoms with van der Waals surface area (Å²) >= 11 is 2.35. The summed E-state index contributed by atoms with van der Waals surface area (Å²) < 4.78 is 10.2. The van der Waals surface area contributed by atoms with Gasteiger partial charge in [-0.25, -0.2) is 9.59 Å². The van der Waals surface area contributed by atoms with Gasteiger partial charge in [0.05, 0.1) is 0 Å². The van der Waals surface area contributed by atoms with Crippen LogP contribution in [0.15, 0.2) is 51.2 Å². The number of carbonyl (C=O) groups excluding carboxylic acids is 2. The van der Waals surface area contributed by atoms with E-state index in [2.05, 4.69) is 15.5 Å². The van der Waals surface area contributed by atoms with E-state index < -0.39 is 47.9 Å². The number of rotatable bonds is 11. The molecule has 1 unspecified atom stereocenters. The molecule has 1 fully saturated rings. The number of aliphatic carboxylic acids is 2. The molecule has 4 N–H and O–H groups in total. The number of hydrogen-bond donors (Lipinski definition) is 4. The third-order valence-corrected chi connectivity index (χ3v) is 7.42. The molecule has 0 bridgehead atoms. The highest BCUT2D eigenvalue weighted by Crippen LogP contribution is 2.41. The number of carboxylic acid groups (broad SMARTS) is 2. The molecule has 13 nitrogen and oxygen atoms in total. The zero-order chi connectivity index (χ0) is 25.8. The Morgan fingerprint density at radius 3 is 2.69 bits per heavy atom. The maximum Gasteiger partial charge on any atom is 0.352 e. The summed E-state index contributed by atoms with van der Waals surface area (Å²) in [5.74, 6) is -3.27. The van der Waals surface area contributed by atoms with Gasteiger partial charge in [0, 0.05) is 11.5 Å². The Balaban J connectivity index is 1.38. The van der Waals surface area contributed by atoms with Crippen LogP contribution >= 0.6 is 23.5 Å². The molecule has 1 aromatic carbocycles. The quantitative estimate of drug-likeness (QED) is 0.226. The fourth-order valence-electron chi connectivity index (χ4n) is 3.54. The van der Waals surface area contributed by atoms with Gasteiger partial charge < -0.3 is 29.8 Å². The molecular formula is C21H20N4O9S2. The van der Waals surface area contributed by atoms with Gasteiger partial charge in [-0.15, -0.1) is 22.0 Å². The van der Waals surface area contributed by atoms with Crippen LogP contribution in [0.3, 0.4) is 0 Å². The number of fused-ring (bicyclic) bond motifs is 1. The molecule has 2 amide bonds. The van der Waals surface area contributed by atoms with Gasteiger partial charge in [0.1, 0.15) is 30.3 Å². The van der Waals surface area contributed by atoms with Crippen molar-refractivity contribution in [1.82, 2.24) is 20.4 Å². The molecule has 15 heteroatoms. The number of ether oxygens (including phenoxy) is 1. The topological polar surface area (TPSA) is 192 Å². The highest BCUT2D eigenvalue weighted by molar-refractivity contribution is 8.01. The van der Waals surface area contributed by atoms with E-state index in [4.69, 9.17) is 14.3 Å². The van der Waals surface area contributed by atoms with E-state index in [0.29, 0.717) is 11.1 Å². The first kappa shape index (κ1) is 25.7. The van der Waals surface area contributed by atoms with E-state index in [0.717, 1.165) is 16.7 Å². The molecule has 0 spiro atoms. The number of amides is 2. The van der Waals surface area contributed by atoms with Gasteiger partial charge in [-0.05, 0) is 11.1 Å². The third-order valence-electron chi connectivity index (χ3n) is 5.18. The Morgan fingerprint density at radius 2 is 2.00 bits per heavy atom. The monoisotopic (exact) mass is 536 g/mol. The fourth-order valence-corrected chi connectivity index (χ4v) is 5.81. The van der Waals surface area contributed by atoms with Crippen molar-refractivity contribution in [3.05, 3.63) is 53.1 Å². The minimum atomic E-state index is -1.46. The Morgan fingerprint density at radius 1 is 1.25 bits per heavy atom. The number of thioether (sulfide) groups is 2. The highest BCUT2D eigenvalue weighted by atomic mass is 32.2. The first-order valence-corrected chi connectivity index (χ1v) is 12.5. The maximum atomic E-state index is 12.8. The van der Waals surface area contributed by atoms with Gasteiger partial charge in [-0.3, -0.25) is 14.5 Å². The molecule has 0 radical (unpaired) electrons. The van der Waals surface area contributed by atoms with Crippen molar-refractivity contribution in [2.75, 3.05) is 18.1 Å². The van der Waals surface area contributed by atoms with E-state index in [9.17, 15) is 29.4 Å². The van der Waals surface area contributed by atoms with Gasteiger partial charge in [0.25, 0.3) is 17.0 Å². The van der Waals surface area contributed by atoms with Crippen molar-refractivity contribution >= 4 is 47.3 Å². The highest BCUT2D eigenvalue weighted by Gasteiger charge is 2.54. The van der Waals surface area contributed by atoms with E-state index in [1.807, 2.05) is 0 Å². The van der Waals surface area contributed by atoms with Crippen molar-refractivity contribution in [1.29, 1.82) is 0 Å². The predicted octanol–water partition coefficient (Wildman–Crippen LogP) is 0.235. The van der Waals surface area contributed by atoms with Crippen LogP contribution in [0.1, 0.15) is 17.6 Å². The predicted molar refractivity (Wildman–Crippen MR) is 123 cm³/mol. The van der Waals surface area contributed by atoms with Gasteiger partial charge >= 0.3 is 11.9 Å². The normalized spacial score (nSPS) is 19.9. The number of aromatic nitrogens is 2. The zero-order valence-corrected chi connectivity index (χ0v) is 20.0. The Hall–Kier alpha value is -3.40. The van der Waals surface area contributed by atoms with E-state index >= 15 is 0 Å². The minimum absolute atomic E-state index is 0.0680. The summed E-state index contributed by atoms with van der Waals surface area (Å²) in [6.07, 6.45) is -1.46. The number of nitrogens with zero attached hydrogens (tertiary/aromatic N) is 3. The van der Waals surface area contributed by atoms with Crippen LogP contribution in [0.2, 0.25) is 0 Å². The summed E-state index contributed by atoms with van der Waals surface area (Å²) in [7, 11) is 0. The molecule has 3 heterocycles. The van der Waals surface area contributed by atoms with Crippen molar-refractivity contribution in [2.24, 2.45) is 0 Å². The number of aliphatic hydroxyl groups excluding tert-OH is 1. The van der Waals surface area contributed by atoms with Crippen LogP contribution < -0.4 is 5.32 Å². The lowest BCUT2D eigenvalue weighted by molar-refractivity contribution is -0.151. The SMILES string of the molecule is O=C(O)COCc1nnc(SCC2=C(C(=O)O)N3C(=O)C(NC(=O)[C@H](O)c4ccccc4)[C@H]3SC2)o1. The number of carbonyl (C=O) groups is 4. The molecule has 1 aromatic heterocycles. The lowest BCUT2D eigenvalue weighted by Gasteiger charge is -2.49. The second kappa shape index (κ2) is 11.1. The molecule has 190 valence electrons. The molecular weight excluding hydrogens is 516 g/mol. The van der Waals surface area contributed by atoms with Crippen molar-refractivity contribution in [3.8, 4) is 0 Å². The van der Waals surface area contributed by atoms with Crippen LogP contribution in [0, 0.1) is 0 Å². The molecule has 2 aliphatic rings. The van der Waals surface area contributed by atoms with Crippen LogP contribution in [-0.4, -0.2) is 83.7 Å². The molecule has 2 aliphatic heterocycles. The van der Waals surface area contributed by atoms with E-state index in [1.54, 1.807) is 30.3 Å². The molecule has 0 saturated carbocycles. The van der Waals surface area contributed by atoms with Gasteiger partial charge in [-0.2, -0.15) is 0 Å². The maximum absolute atomic E-state index is 12.8. The minimum Gasteiger partial charge on any atom is -0.480 e. The van der Waals surface area contributed by atoms with Crippen molar-refractivity contribution < 1.29 is 43.7 Å². The van der Waals surface area contributed by atoms with Crippen LogP contribution in [-0.2, 0) is 30.5 Å². The molecule has 0 aliphatic carbocycles. The van der Waals surface area contributed by atoms with Crippen LogP contribution in [0.5, 0.6) is 0 Å². The smallest absolute Gasteiger partial charge is 0.352 e. The standard InChI is InChI=1S/C21H20N4O9S2/c26-13(27)7-33-6-12-23-24-21(34-12)36-9-11-8-35-19-14(18(30)25(19)15(11)20(31)32)22-17(29)16(28)10-4-2-1-3-5-10/h1-5,14,16,19,28H,6-9H2,(H,22,29)(H,26,27)(H,31,32)/t14?,16-,19-/m1/s1. The summed E-state index contributed by atoms with van der Waals surface area (Å²) in [6, 6.07) is 7.28. The average molecular weight is 537 g/mol. The molecule has 3 atom stereocenters. The first-order valence-electron chi connectivity index (χ1n) is 10.4. The second-order valence-electron chi connectivity index (χ2n) is 7.60. The third kappa shape index (κ3) is 5.53. The van der Waals surface area contributed by atoms with E-state index in [-0.39, 0.29) is 34.9 Å². The fraction of sp³-hybridized carbons (Fsp3) is 0.333. The number of benzene rings is 1. The summed E-state index contributed by atoms with van der Waals surface area (Å²) in [4.78, 5) is 48.9. The van der Waals surface area contributed by atoms with Crippen molar-refractivity contribution in [2.45, 2.75) is 29.3 Å². The Kier molecular flexibility index (Phi) is 7.93. The number of β-lactam (4-membered cyclic amide) rings is 1. The summed E-state index contributed by atoms with van der Waals surface area (Å²) in [5.41, 5.74) is 0.658. The lowest BCUT2D eigenvalue weighted by atomic mass is 10.0. The molecule has 36 heavy (non-hydrogen) atoms. The average Bonchev–Trinajstić information content (AvgIpc) is 3.32. The van der Waals surface area contributed by atoms with Crippen molar-refractivity contribution in [3.63, 3.8) is 0 Å². The summed E-state index contributed by atoms with van der Waals surface area (Å²) in [6.45, 7) is -0.705. The van der Waals surface area contributed by atoms with Crippen LogP contribution in [0.4, 0.5) is 0 Å². The number of hydrogen-bond acceptors (Lipinski definition) is 11. The second-order valence-corrected chi connectivity index (χ2v) is 9.64. The number of nitrogens with one attached hydrogen (secondary N) is 1.